The zero-order valence-electron chi connectivity index (χ0n) is 12.2. The average molecular weight is 336 g/mol. The maximum absolute atomic E-state index is 12.3. The number of ether oxygens (including phenoxy) is 2. The summed E-state index contributed by atoms with van der Waals surface area (Å²) < 4.78 is 45.7. The molecule has 0 bridgehead atoms. The first kappa shape index (κ1) is 17.2. The van der Waals surface area contributed by atoms with Crippen molar-refractivity contribution >= 4 is 17.3 Å². The van der Waals surface area contributed by atoms with E-state index in [4.69, 9.17) is 4.74 Å². The van der Waals surface area contributed by atoms with Gasteiger partial charge in [0.25, 0.3) is 0 Å². The van der Waals surface area contributed by atoms with E-state index in [-0.39, 0.29) is 11.4 Å². The van der Waals surface area contributed by atoms with Crippen molar-refractivity contribution in [3.05, 3.63) is 61.2 Å². The van der Waals surface area contributed by atoms with Gasteiger partial charge in [0.1, 0.15) is 11.4 Å². The molecule has 124 valence electrons. The predicted octanol–water partition coefficient (Wildman–Crippen LogP) is 5.09. The van der Waals surface area contributed by atoms with Gasteiger partial charge in [-0.2, -0.15) is 5.11 Å². The Labute approximate surface area is 135 Å². The maximum Gasteiger partial charge on any atom is 0.573 e. The predicted molar refractivity (Wildman–Crippen MR) is 79.6 cm³/mol. The summed E-state index contributed by atoms with van der Waals surface area (Å²) in [5, 5.41) is 7.57. The van der Waals surface area contributed by atoms with Crippen molar-refractivity contribution in [2.24, 2.45) is 10.2 Å². The molecule has 0 N–H and O–H groups in total. The van der Waals surface area contributed by atoms with Gasteiger partial charge in [0.05, 0.1) is 5.69 Å². The first-order chi connectivity index (χ1) is 11.4. The zero-order chi connectivity index (χ0) is 17.6. The van der Waals surface area contributed by atoms with Crippen LogP contribution in [-0.2, 0) is 4.79 Å². The summed E-state index contributed by atoms with van der Waals surface area (Å²) in [6.45, 7) is 3.27. The topological polar surface area (TPSA) is 60.2 Å². The third kappa shape index (κ3) is 5.24. The highest BCUT2D eigenvalue weighted by molar-refractivity contribution is 5.83. The summed E-state index contributed by atoms with van der Waals surface area (Å²) in [5.41, 5.74) is 0.284. The first-order valence-corrected chi connectivity index (χ1v) is 6.58. The van der Waals surface area contributed by atoms with E-state index in [2.05, 4.69) is 21.5 Å². The average Bonchev–Trinajstić information content (AvgIpc) is 2.54. The molecular weight excluding hydrogens is 325 g/mol. The van der Waals surface area contributed by atoms with Gasteiger partial charge in [0.15, 0.2) is 5.75 Å². The van der Waals surface area contributed by atoms with Crippen LogP contribution in [0.2, 0.25) is 0 Å². The lowest BCUT2D eigenvalue weighted by atomic mass is 10.3. The molecule has 0 unspecified atom stereocenters. The fraction of sp³-hybridized carbons (Fsp3) is 0.0625. The van der Waals surface area contributed by atoms with E-state index in [1.807, 2.05) is 0 Å². The molecule has 0 spiro atoms. The van der Waals surface area contributed by atoms with E-state index in [1.165, 1.54) is 42.5 Å². The highest BCUT2D eigenvalue weighted by Crippen LogP contribution is 2.33. The van der Waals surface area contributed by atoms with E-state index in [9.17, 15) is 18.0 Å². The van der Waals surface area contributed by atoms with Crippen molar-refractivity contribution in [1.82, 2.24) is 0 Å². The Bertz CT molecular complexity index is 756. The van der Waals surface area contributed by atoms with Crippen molar-refractivity contribution in [1.29, 1.82) is 0 Å². The minimum atomic E-state index is -4.82. The highest BCUT2D eigenvalue weighted by Gasteiger charge is 2.32. The van der Waals surface area contributed by atoms with Gasteiger partial charge >= 0.3 is 12.3 Å². The van der Waals surface area contributed by atoms with Gasteiger partial charge < -0.3 is 9.47 Å². The molecule has 2 rings (SSSR count). The lowest BCUT2D eigenvalue weighted by molar-refractivity contribution is -0.274. The van der Waals surface area contributed by atoms with Crippen molar-refractivity contribution in [2.45, 2.75) is 6.36 Å². The summed E-state index contributed by atoms with van der Waals surface area (Å²) >= 11 is 0. The Morgan fingerprint density at radius 2 is 1.71 bits per heavy atom. The Morgan fingerprint density at radius 1 is 1.04 bits per heavy atom. The number of alkyl halides is 3. The number of benzene rings is 2. The third-order valence-electron chi connectivity index (χ3n) is 2.59. The second-order valence-electron chi connectivity index (χ2n) is 4.33. The molecule has 0 atom stereocenters. The molecule has 0 saturated heterocycles. The maximum atomic E-state index is 12.3. The summed E-state index contributed by atoms with van der Waals surface area (Å²) in [4.78, 5) is 11.0. The van der Waals surface area contributed by atoms with Crippen LogP contribution in [0, 0.1) is 0 Å². The van der Waals surface area contributed by atoms with Gasteiger partial charge in [-0.3, -0.25) is 0 Å². The van der Waals surface area contributed by atoms with E-state index in [0.29, 0.717) is 5.69 Å². The minimum Gasteiger partial charge on any atom is -0.423 e. The number of nitrogens with zero attached hydrogens (tertiary/aromatic N) is 2. The fourth-order valence-electron chi connectivity index (χ4n) is 1.60. The van der Waals surface area contributed by atoms with Crippen LogP contribution >= 0.6 is 0 Å². The van der Waals surface area contributed by atoms with Gasteiger partial charge in [-0.05, 0) is 36.4 Å². The van der Waals surface area contributed by atoms with Crippen molar-refractivity contribution < 1.29 is 27.4 Å². The standard InChI is InChI=1S/C16H11F3N2O3/c1-2-15(22)23-12-9-7-11(8-10-12)20-21-13-5-3-4-6-14(13)24-16(17,18)19/h2-10H,1H2. The van der Waals surface area contributed by atoms with Crippen LogP contribution in [0.3, 0.4) is 0 Å². The third-order valence-corrected chi connectivity index (χ3v) is 2.59. The molecular formula is C16H11F3N2O3. The van der Waals surface area contributed by atoms with Gasteiger partial charge in [0.2, 0.25) is 0 Å². The SMILES string of the molecule is C=CC(=O)Oc1ccc(N=Nc2ccccc2OC(F)(F)F)cc1. The summed E-state index contributed by atoms with van der Waals surface area (Å²) in [6.07, 6.45) is -3.80. The number of esters is 1. The molecule has 0 aliphatic carbocycles. The van der Waals surface area contributed by atoms with Crippen molar-refractivity contribution in [2.75, 3.05) is 0 Å². The Morgan fingerprint density at radius 3 is 2.33 bits per heavy atom. The smallest absolute Gasteiger partial charge is 0.423 e. The summed E-state index contributed by atoms with van der Waals surface area (Å²) in [5.74, 6) is -0.785. The second-order valence-corrected chi connectivity index (χ2v) is 4.33. The van der Waals surface area contributed by atoms with Gasteiger partial charge in [-0.15, -0.1) is 18.3 Å². The number of hydrogen-bond acceptors (Lipinski definition) is 5. The monoisotopic (exact) mass is 336 g/mol. The Hall–Kier alpha value is -3.16. The Balaban J connectivity index is 2.14. The molecule has 5 nitrogen and oxygen atoms in total. The quantitative estimate of drug-likeness (QED) is 0.331. The fourth-order valence-corrected chi connectivity index (χ4v) is 1.60. The molecule has 0 saturated carbocycles. The van der Waals surface area contributed by atoms with Crippen LogP contribution in [-0.4, -0.2) is 12.3 Å². The van der Waals surface area contributed by atoms with Gasteiger partial charge in [-0.25, -0.2) is 4.79 Å². The molecule has 0 amide bonds. The van der Waals surface area contributed by atoms with Crippen LogP contribution in [0.1, 0.15) is 0 Å². The highest BCUT2D eigenvalue weighted by atomic mass is 19.4. The number of carbonyl (C=O) groups is 1. The minimum absolute atomic E-state index is 0.0722. The lowest BCUT2D eigenvalue weighted by Crippen LogP contribution is -2.17. The molecule has 2 aromatic rings. The normalized spacial score (nSPS) is 11.3. The number of halogens is 3. The van der Waals surface area contributed by atoms with Gasteiger partial charge in [0, 0.05) is 6.08 Å². The van der Waals surface area contributed by atoms with Crippen LogP contribution < -0.4 is 9.47 Å². The van der Waals surface area contributed by atoms with Crippen LogP contribution in [0.25, 0.3) is 0 Å². The molecule has 2 aromatic carbocycles. The molecule has 8 heteroatoms. The van der Waals surface area contributed by atoms with E-state index in [1.54, 1.807) is 0 Å². The summed E-state index contributed by atoms with van der Waals surface area (Å²) in [7, 11) is 0. The van der Waals surface area contributed by atoms with Crippen LogP contribution in [0.5, 0.6) is 11.5 Å². The number of rotatable bonds is 5. The number of hydrogen-bond donors (Lipinski definition) is 0. The van der Waals surface area contributed by atoms with Gasteiger partial charge in [-0.1, -0.05) is 18.7 Å². The van der Waals surface area contributed by atoms with Crippen molar-refractivity contribution in [3.63, 3.8) is 0 Å². The van der Waals surface area contributed by atoms with E-state index >= 15 is 0 Å². The number of carbonyl (C=O) groups excluding carboxylic acids is 1. The number of para-hydroxylation sites is 1. The lowest BCUT2D eigenvalue weighted by Gasteiger charge is -2.09. The molecule has 0 fully saturated rings. The van der Waals surface area contributed by atoms with E-state index < -0.39 is 18.1 Å². The molecule has 0 heterocycles. The second kappa shape index (κ2) is 7.40. The van der Waals surface area contributed by atoms with Crippen LogP contribution in [0.15, 0.2) is 71.4 Å². The molecule has 0 aromatic heterocycles. The Kier molecular flexibility index (Phi) is 5.31. The molecule has 24 heavy (non-hydrogen) atoms. The molecule has 0 radical (unpaired) electrons. The van der Waals surface area contributed by atoms with Crippen molar-refractivity contribution in [3.8, 4) is 11.5 Å². The zero-order valence-corrected chi connectivity index (χ0v) is 12.2. The van der Waals surface area contributed by atoms with E-state index in [0.717, 1.165) is 12.1 Å². The summed E-state index contributed by atoms with van der Waals surface area (Å²) in [6, 6.07) is 11.3. The molecule has 0 aliphatic rings. The number of azo groups is 1. The van der Waals surface area contributed by atoms with Crippen LogP contribution in [0.4, 0.5) is 24.5 Å². The molecule has 0 aliphatic heterocycles. The first-order valence-electron chi connectivity index (χ1n) is 6.58. The largest absolute Gasteiger partial charge is 0.573 e.